The Labute approximate surface area is 136 Å². The Hall–Kier alpha value is -1.85. The number of nitrogens with zero attached hydrogens (tertiary/aromatic N) is 2. The van der Waals surface area contributed by atoms with E-state index in [1.165, 1.54) is 0 Å². The summed E-state index contributed by atoms with van der Waals surface area (Å²) in [5.41, 5.74) is 1.24. The van der Waals surface area contributed by atoms with Crippen LogP contribution in [-0.2, 0) is 6.54 Å². The summed E-state index contributed by atoms with van der Waals surface area (Å²) >= 11 is 0. The SMILES string of the molecule is Cc1cccc(OCC2(O)CCCN(Cc3cc(C)on3)C2)c1. The number of hydrogen-bond acceptors (Lipinski definition) is 5. The monoisotopic (exact) mass is 316 g/mol. The molecule has 2 aromatic rings. The third-order valence-corrected chi connectivity index (χ3v) is 4.19. The number of ether oxygens (including phenoxy) is 1. The molecule has 0 radical (unpaired) electrons. The molecule has 0 spiro atoms. The Balaban J connectivity index is 1.57. The third-order valence-electron chi connectivity index (χ3n) is 4.19. The molecule has 2 heterocycles. The van der Waals surface area contributed by atoms with Gasteiger partial charge in [0.1, 0.15) is 23.7 Å². The van der Waals surface area contributed by atoms with E-state index >= 15 is 0 Å². The lowest BCUT2D eigenvalue weighted by atomic mass is 9.93. The van der Waals surface area contributed by atoms with Crippen LogP contribution in [0, 0.1) is 13.8 Å². The van der Waals surface area contributed by atoms with Crippen molar-refractivity contribution in [3.05, 3.63) is 47.3 Å². The zero-order chi connectivity index (χ0) is 16.3. The quantitative estimate of drug-likeness (QED) is 0.919. The van der Waals surface area contributed by atoms with E-state index in [1.807, 2.05) is 44.2 Å². The van der Waals surface area contributed by atoms with Gasteiger partial charge in [0.05, 0.1) is 5.69 Å². The molecule has 1 N–H and O–H groups in total. The summed E-state index contributed by atoms with van der Waals surface area (Å²) in [6.07, 6.45) is 1.71. The molecule has 1 aromatic heterocycles. The Morgan fingerprint density at radius 1 is 1.35 bits per heavy atom. The highest BCUT2D eigenvalue weighted by molar-refractivity contribution is 5.27. The molecule has 0 amide bonds. The summed E-state index contributed by atoms with van der Waals surface area (Å²) in [6, 6.07) is 9.85. The first-order valence-electron chi connectivity index (χ1n) is 8.09. The average Bonchev–Trinajstić information content (AvgIpc) is 2.91. The first kappa shape index (κ1) is 16.0. The lowest BCUT2D eigenvalue weighted by molar-refractivity contribution is -0.0624. The summed E-state index contributed by atoms with van der Waals surface area (Å²) < 4.78 is 10.9. The van der Waals surface area contributed by atoms with E-state index in [0.29, 0.717) is 19.7 Å². The number of aliphatic hydroxyl groups is 1. The molecular formula is C18H24N2O3. The minimum Gasteiger partial charge on any atom is -0.491 e. The predicted octanol–water partition coefficient (Wildman–Crippen LogP) is 2.70. The number of likely N-dealkylation sites (tertiary alicyclic amines) is 1. The van der Waals surface area contributed by atoms with Gasteiger partial charge in [0.2, 0.25) is 0 Å². The van der Waals surface area contributed by atoms with Gasteiger partial charge in [-0.3, -0.25) is 4.90 Å². The fourth-order valence-corrected chi connectivity index (χ4v) is 3.10. The molecule has 23 heavy (non-hydrogen) atoms. The molecule has 1 fully saturated rings. The summed E-state index contributed by atoms with van der Waals surface area (Å²) in [4.78, 5) is 2.21. The predicted molar refractivity (Wildman–Crippen MR) is 87.4 cm³/mol. The van der Waals surface area contributed by atoms with Crippen molar-refractivity contribution in [3.63, 3.8) is 0 Å². The number of aryl methyl sites for hydroxylation is 2. The van der Waals surface area contributed by atoms with Gasteiger partial charge in [-0.05, 0) is 50.9 Å². The van der Waals surface area contributed by atoms with Gasteiger partial charge in [-0.2, -0.15) is 0 Å². The lowest BCUT2D eigenvalue weighted by Crippen LogP contribution is -2.51. The van der Waals surface area contributed by atoms with Crippen LogP contribution >= 0.6 is 0 Å². The van der Waals surface area contributed by atoms with Crippen molar-refractivity contribution in [2.45, 2.75) is 38.8 Å². The Morgan fingerprint density at radius 2 is 2.22 bits per heavy atom. The fourth-order valence-electron chi connectivity index (χ4n) is 3.10. The molecule has 1 saturated heterocycles. The Bertz CT molecular complexity index is 655. The van der Waals surface area contributed by atoms with E-state index in [1.54, 1.807) is 0 Å². The number of benzene rings is 1. The van der Waals surface area contributed by atoms with E-state index in [4.69, 9.17) is 9.26 Å². The summed E-state index contributed by atoms with van der Waals surface area (Å²) in [5, 5.41) is 14.9. The number of piperidine rings is 1. The molecule has 5 nitrogen and oxygen atoms in total. The van der Waals surface area contributed by atoms with Gasteiger partial charge in [-0.15, -0.1) is 0 Å². The molecule has 1 aliphatic heterocycles. The Kier molecular flexibility index (Phi) is 4.68. The van der Waals surface area contributed by atoms with E-state index < -0.39 is 5.60 Å². The zero-order valence-corrected chi connectivity index (χ0v) is 13.8. The van der Waals surface area contributed by atoms with E-state index in [9.17, 15) is 5.11 Å². The van der Waals surface area contributed by atoms with E-state index in [-0.39, 0.29) is 0 Å². The van der Waals surface area contributed by atoms with Crippen molar-refractivity contribution < 1.29 is 14.4 Å². The van der Waals surface area contributed by atoms with Gasteiger partial charge < -0.3 is 14.4 Å². The van der Waals surface area contributed by atoms with Gasteiger partial charge in [0.15, 0.2) is 0 Å². The maximum atomic E-state index is 10.8. The fraction of sp³-hybridized carbons (Fsp3) is 0.500. The van der Waals surface area contributed by atoms with Crippen molar-refractivity contribution in [1.29, 1.82) is 0 Å². The van der Waals surface area contributed by atoms with Crippen LogP contribution in [0.15, 0.2) is 34.9 Å². The van der Waals surface area contributed by atoms with Crippen LogP contribution in [0.2, 0.25) is 0 Å². The first-order chi connectivity index (χ1) is 11.0. The van der Waals surface area contributed by atoms with Gasteiger partial charge >= 0.3 is 0 Å². The van der Waals surface area contributed by atoms with E-state index in [0.717, 1.165) is 42.2 Å². The third kappa shape index (κ3) is 4.33. The second-order valence-electron chi connectivity index (χ2n) is 6.57. The van der Waals surface area contributed by atoms with Crippen LogP contribution in [0.3, 0.4) is 0 Å². The molecule has 5 heteroatoms. The molecule has 124 valence electrons. The maximum Gasteiger partial charge on any atom is 0.133 e. The highest BCUT2D eigenvalue weighted by Gasteiger charge is 2.34. The van der Waals surface area contributed by atoms with Crippen molar-refractivity contribution in [2.75, 3.05) is 19.7 Å². The smallest absolute Gasteiger partial charge is 0.133 e. The molecule has 0 bridgehead atoms. The summed E-state index contributed by atoms with van der Waals surface area (Å²) in [7, 11) is 0. The number of β-amino-alcohol motifs (C(OH)–C–C–N with tert-alkyl or cyclic N) is 1. The minimum atomic E-state index is -0.819. The summed E-state index contributed by atoms with van der Waals surface area (Å²) in [5.74, 6) is 1.62. The van der Waals surface area contributed by atoms with E-state index in [2.05, 4.69) is 10.1 Å². The highest BCUT2D eigenvalue weighted by atomic mass is 16.5. The largest absolute Gasteiger partial charge is 0.491 e. The lowest BCUT2D eigenvalue weighted by Gasteiger charge is -2.38. The molecular weight excluding hydrogens is 292 g/mol. The number of aromatic nitrogens is 1. The van der Waals surface area contributed by atoms with Crippen LogP contribution in [0.4, 0.5) is 0 Å². The molecule has 1 unspecified atom stereocenters. The van der Waals surface area contributed by atoms with Crippen LogP contribution in [0.25, 0.3) is 0 Å². The van der Waals surface area contributed by atoms with Crippen LogP contribution in [0.5, 0.6) is 5.75 Å². The van der Waals surface area contributed by atoms with Gasteiger partial charge in [-0.25, -0.2) is 0 Å². The highest BCUT2D eigenvalue weighted by Crippen LogP contribution is 2.24. The first-order valence-corrected chi connectivity index (χ1v) is 8.09. The molecule has 0 aliphatic carbocycles. The zero-order valence-electron chi connectivity index (χ0n) is 13.8. The van der Waals surface area contributed by atoms with Crippen LogP contribution in [0.1, 0.15) is 29.9 Å². The topological polar surface area (TPSA) is 58.7 Å². The minimum absolute atomic E-state index is 0.310. The summed E-state index contributed by atoms with van der Waals surface area (Å²) in [6.45, 7) is 6.47. The van der Waals surface area contributed by atoms with Crippen molar-refractivity contribution in [2.24, 2.45) is 0 Å². The Morgan fingerprint density at radius 3 is 2.96 bits per heavy atom. The number of rotatable bonds is 5. The normalized spacial score (nSPS) is 22.2. The van der Waals surface area contributed by atoms with Crippen LogP contribution in [-0.4, -0.2) is 40.5 Å². The number of hydrogen-bond donors (Lipinski definition) is 1. The van der Waals surface area contributed by atoms with Gasteiger partial charge in [0.25, 0.3) is 0 Å². The van der Waals surface area contributed by atoms with Crippen molar-refractivity contribution >= 4 is 0 Å². The molecule has 1 aromatic carbocycles. The molecule has 1 atom stereocenters. The van der Waals surface area contributed by atoms with Crippen molar-refractivity contribution in [1.82, 2.24) is 10.1 Å². The van der Waals surface area contributed by atoms with Crippen molar-refractivity contribution in [3.8, 4) is 5.75 Å². The maximum absolute atomic E-state index is 10.8. The molecule has 3 rings (SSSR count). The molecule has 0 saturated carbocycles. The second-order valence-corrected chi connectivity index (χ2v) is 6.57. The molecule has 1 aliphatic rings. The van der Waals surface area contributed by atoms with Gasteiger partial charge in [-0.1, -0.05) is 17.3 Å². The van der Waals surface area contributed by atoms with Gasteiger partial charge in [0, 0.05) is 19.2 Å². The second kappa shape index (κ2) is 6.72. The standard InChI is InChI=1S/C18H24N2O3/c1-14-5-3-6-17(9-14)22-13-18(21)7-4-8-20(12-18)11-16-10-15(2)23-19-16/h3,5-6,9-10,21H,4,7-8,11-13H2,1-2H3. The van der Waals surface area contributed by atoms with Crippen LogP contribution < -0.4 is 4.74 Å². The average molecular weight is 316 g/mol.